The lowest BCUT2D eigenvalue weighted by atomic mass is 9.74. The van der Waals surface area contributed by atoms with Gasteiger partial charge in [-0.3, -0.25) is 0 Å². The third kappa shape index (κ3) is 3.42. The summed E-state index contributed by atoms with van der Waals surface area (Å²) < 4.78 is 0. The van der Waals surface area contributed by atoms with Gasteiger partial charge in [-0.15, -0.1) is 6.58 Å². The quantitative estimate of drug-likeness (QED) is 0.515. The zero-order valence-corrected chi connectivity index (χ0v) is 9.19. The van der Waals surface area contributed by atoms with Crippen molar-refractivity contribution in [2.24, 2.45) is 11.3 Å². The van der Waals surface area contributed by atoms with Gasteiger partial charge in [-0.2, -0.15) is 0 Å². The molecule has 0 radical (unpaired) electrons. The molecule has 0 nitrogen and oxygen atoms in total. The maximum Gasteiger partial charge on any atom is -0.0149 e. The van der Waals surface area contributed by atoms with Crippen LogP contribution in [0.15, 0.2) is 12.7 Å². The summed E-state index contributed by atoms with van der Waals surface area (Å²) in [6.45, 7) is 13.1. The van der Waals surface area contributed by atoms with Crippen molar-refractivity contribution in [3.63, 3.8) is 0 Å². The summed E-state index contributed by atoms with van der Waals surface area (Å²) in [7, 11) is 0. The second-order valence-electron chi connectivity index (χ2n) is 4.30. The summed E-state index contributed by atoms with van der Waals surface area (Å²) in [5.74, 6) is 0.824. The maximum atomic E-state index is 3.92. The molecule has 0 aromatic heterocycles. The zero-order valence-electron chi connectivity index (χ0n) is 9.19. The number of hydrogen-bond acceptors (Lipinski definition) is 0. The van der Waals surface area contributed by atoms with Crippen molar-refractivity contribution >= 4 is 0 Å². The summed E-state index contributed by atoms with van der Waals surface area (Å²) in [5.41, 5.74) is 0.325. The Kier molecular flexibility index (Phi) is 5.28. The second kappa shape index (κ2) is 5.40. The fourth-order valence-corrected chi connectivity index (χ4v) is 1.75. The van der Waals surface area contributed by atoms with E-state index in [-0.39, 0.29) is 0 Å². The molecule has 0 heterocycles. The number of rotatable bonds is 6. The normalized spacial score (nSPS) is 12.1. The Bertz CT molecular complexity index is 116. The minimum absolute atomic E-state index is 0.325. The van der Waals surface area contributed by atoms with Crippen molar-refractivity contribution < 1.29 is 0 Å². The average molecular weight is 168 g/mol. The van der Waals surface area contributed by atoms with E-state index in [0.717, 1.165) is 5.92 Å². The van der Waals surface area contributed by atoms with E-state index in [9.17, 15) is 0 Å². The van der Waals surface area contributed by atoms with E-state index in [1.165, 1.54) is 25.7 Å². The Hall–Kier alpha value is -0.260. The molecule has 0 bridgehead atoms. The van der Waals surface area contributed by atoms with Crippen molar-refractivity contribution in [3.05, 3.63) is 12.7 Å². The van der Waals surface area contributed by atoms with Gasteiger partial charge in [0.2, 0.25) is 0 Å². The third-order valence-corrected chi connectivity index (χ3v) is 2.85. The molecule has 0 heteroatoms. The van der Waals surface area contributed by atoms with Crippen LogP contribution in [0.3, 0.4) is 0 Å². The molecule has 0 aliphatic rings. The topological polar surface area (TPSA) is 0 Å². The molecule has 0 fully saturated rings. The van der Waals surface area contributed by atoms with E-state index in [4.69, 9.17) is 0 Å². The highest BCUT2D eigenvalue weighted by Gasteiger charge is 2.24. The molecule has 0 aliphatic heterocycles. The first-order chi connectivity index (χ1) is 5.58. The molecule has 0 atom stereocenters. The van der Waals surface area contributed by atoms with Crippen LogP contribution in [0.25, 0.3) is 0 Å². The molecule has 0 rings (SSSR count). The summed E-state index contributed by atoms with van der Waals surface area (Å²) in [4.78, 5) is 0. The van der Waals surface area contributed by atoms with Gasteiger partial charge in [0.05, 0.1) is 0 Å². The molecule has 0 aromatic rings. The molecule has 0 saturated heterocycles. The number of hydrogen-bond donors (Lipinski definition) is 0. The lowest BCUT2D eigenvalue weighted by molar-refractivity contribution is 0.246. The van der Waals surface area contributed by atoms with Crippen molar-refractivity contribution in [2.75, 3.05) is 0 Å². The Balaban J connectivity index is 4.16. The molecule has 0 saturated carbocycles. The average Bonchev–Trinajstić information content (AvgIpc) is 2.04. The fraction of sp³-hybridized carbons (Fsp3) is 0.833. The monoisotopic (exact) mass is 168 g/mol. The molecule has 12 heavy (non-hydrogen) atoms. The highest BCUT2D eigenvalue weighted by Crippen LogP contribution is 2.34. The zero-order chi connectivity index (χ0) is 9.61. The lowest BCUT2D eigenvalue weighted by Gasteiger charge is -2.31. The standard InChI is InChI=1S/C12H24/c1-6-9-11(10-7-2)12(4,5)8-3/h8,11H,3,6-7,9-10H2,1-2,4-5H3. The Morgan fingerprint density at radius 2 is 1.58 bits per heavy atom. The largest absolute Gasteiger partial charge is 0.103 e. The van der Waals surface area contributed by atoms with Crippen molar-refractivity contribution in [1.29, 1.82) is 0 Å². The van der Waals surface area contributed by atoms with Crippen LogP contribution >= 0.6 is 0 Å². The molecular formula is C12H24. The summed E-state index contributed by atoms with van der Waals surface area (Å²) in [6.07, 6.45) is 7.38. The SMILES string of the molecule is C=CC(C)(C)C(CCC)CCC. The first kappa shape index (κ1) is 11.7. The Morgan fingerprint density at radius 1 is 1.17 bits per heavy atom. The van der Waals surface area contributed by atoms with Crippen molar-refractivity contribution in [2.45, 2.75) is 53.4 Å². The third-order valence-electron chi connectivity index (χ3n) is 2.85. The van der Waals surface area contributed by atoms with Gasteiger partial charge in [0.1, 0.15) is 0 Å². The van der Waals surface area contributed by atoms with E-state index in [1.807, 2.05) is 0 Å². The minimum Gasteiger partial charge on any atom is -0.103 e. The molecule has 0 unspecified atom stereocenters. The van der Waals surface area contributed by atoms with E-state index < -0.39 is 0 Å². The van der Waals surface area contributed by atoms with Gasteiger partial charge in [-0.25, -0.2) is 0 Å². The molecule has 0 amide bonds. The fourth-order valence-electron chi connectivity index (χ4n) is 1.75. The van der Waals surface area contributed by atoms with Crippen LogP contribution in [-0.2, 0) is 0 Å². The smallest absolute Gasteiger partial charge is 0.0149 e. The number of allylic oxidation sites excluding steroid dienone is 1. The first-order valence-electron chi connectivity index (χ1n) is 5.22. The predicted octanol–water partition coefficient (Wildman–Crippen LogP) is 4.42. The molecular weight excluding hydrogens is 144 g/mol. The molecule has 0 spiro atoms. The van der Waals surface area contributed by atoms with Gasteiger partial charge >= 0.3 is 0 Å². The van der Waals surface area contributed by atoms with Gasteiger partial charge in [0.15, 0.2) is 0 Å². The van der Waals surface area contributed by atoms with E-state index in [0.29, 0.717) is 5.41 Å². The minimum atomic E-state index is 0.325. The van der Waals surface area contributed by atoms with Crippen LogP contribution < -0.4 is 0 Å². The molecule has 0 aliphatic carbocycles. The van der Waals surface area contributed by atoms with Crippen LogP contribution in [0.5, 0.6) is 0 Å². The molecule has 0 N–H and O–H groups in total. The highest BCUT2D eigenvalue weighted by molar-refractivity contribution is 4.92. The van der Waals surface area contributed by atoms with E-state index in [1.54, 1.807) is 0 Å². The van der Waals surface area contributed by atoms with Crippen molar-refractivity contribution in [3.8, 4) is 0 Å². The first-order valence-corrected chi connectivity index (χ1v) is 5.22. The van der Waals surface area contributed by atoms with Gasteiger partial charge in [-0.1, -0.05) is 46.6 Å². The van der Waals surface area contributed by atoms with Crippen molar-refractivity contribution in [1.82, 2.24) is 0 Å². The predicted molar refractivity (Wildman–Crippen MR) is 57.3 cm³/mol. The van der Waals surface area contributed by atoms with Crippen LogP contribution in [0.1, 0.15) is 53.4 Å². The Morgan fingerprint density at radius 3 is 1.83 bits per heavy atom. The highest BCUT2D eigenvalue weighted by atomic mass is 14.3. The van der Waals surface area contributed by atoms with Gasteiger partial charge < -0.3 is 0 Å². The molecule has 0 aromatic carbocycles. The van der Waals surface area contributed by atoms with Crippen LogP contribution in [-0.4, -0.2) is 0 Å². The van der Waals surface area contributed by atoms with Crippen LogP contribution in [0.4, 0.5) is 0 Å². The van der Waals surface area contributed by atoms with E-state index >= 15 is 0 Å². The Labute approximate surface area is 78.1 Å². The van der Waals surface area contributed by atoms with Crippen LogP contribution in [0.2, 0.25) is 0 Å². The summed E-state index contributed by atoms with van der Waals surface area (Å²) in [5, 5.41) is 0. The van der Waals surface area contributed by atoms with Gasteiger partial charge in [0, 0.05) is 0 Å². The van der Waals surface area contributed by atoms with Crippen LogP contribution in [0, 0.1) is 11.3 Å². The summed E-state index contributed by atoms with van der Waals surface area (Å²) in [6, 6.07) is 0. The van der Waals surface area contributed by atoms with Gasteiger partial charge in [0.25, 0.3) is 0 Å². The van der Waals surface area contributed by atoms with E-state index in [2.05, 4.69) is 40.3 Å². The summed E-state index contributed by atoms with van der Waals surface area (Å²) >= 11 is 0. The molecule has 72 valence electrons. The van der Waals surface area contributed by atoms with Gasteiger partial charge in [-0.05, 0) is 24.2 Å². The maximum absolute atomic E-state index is 3.92. The second-order valence-corrected chi connectivity index (χ2v) is 4.30. The lowest BCUT2D eigenvalue weighted by Crippen LogP contribution is -2.21.